The molecule has 1 fully saturated rings. The number of ketones is 1. The molecule has 5 nitrogen and oxygen atoms in total. The van der Waals surface area contributed by atoms with E-state index in [0.717, 1.165) is 6.42 Å². The normalized spacial score (nSPS) is 19.7. The molecule has 1 saturated carbocycles. The summed E-state index contributed by atoms with van der Waals surface area (Å²) in [5.74, 6) is -0.284. The summed E-state index contributed by atoms with van der Waals surface area (Å²) in [6, 6.07) is 6.54. The fourth-order valence-corrected chi connectivity index (χ4v) is 1.97. The molecule has 0 aliphatic heterocycles. The molecule has 21 heavy (non-hydrogen) atoms. The van der Waals surface area contributed by atoms with Gasteiger partial charge in [-0.05, 0) is 36.6 Å². The van der Waals surface area contributed by atoms with Gasteiger partial charge in [-0.15, -0.1) is 0 Å². The monoisotopic (exact) mass is 289 g/mol. The maximum absolute atomic E-state index is 11.9. The minimum Gasteiger partial charge on any atom is -0.457 e. The van der Waals surface area contributed by atoms with E-state index in [-0.39, 0.29) is 30.2 Å². The maximum atomic E-state index is 11.9. The molecule has 112 valence electrons. The van der Waals surface area contributed by atoms with Gasteiger partial charge in [0.2, 0.25) is 5.91 Å². The smallest absolute Gasteiger partial charge is 0.309 e. The van der Waals surface area contributed by atoms with Gasteiger partial charge < -0.3 is 10.1 Å². The fraction of sp³-hybridized carbons (Fsp3) is 0.438. The van der Waals surface area contributed by atoms with Crippen LogP contribution in [0.15, 0.2) is 24.3 Å². The van der Waals surface area contributed by atoms with Crippen molar-refractivity contribution in [1.82, 2.24) is 0 Å². The number of nitrogens with one attached hydrogen (secondary N) is 1. The van der Waals surface area contributed by atoms with Crippen molar-refractivity contribution in [2.24, 2.45) is 11.8 Å². The highest BCUT2D eigenvalue weighted by molar-refractivity contribution is 5.99. The Morgan fingerprint density at radius 2 is 1.86 bits per heavy atom. The summed E-state index contributed by atoms with van der Waals surface area (Å²) in [6.45, 7) is 3.52. The molecular weight excluding hydrogens is 270 g/mol. The van der Waals surface area contributed by atoms with Crippen molar-refractivity contribution in [1.29, 1.82) is 0 Å². The Morgan fingerprint density at radius 3 is 2.38 bits per heavy atom. The summed E-state index contributed by atoms with van der Waals surface area (Å²) in [4.78, 5) is 34.7. The van der Waals surface area contributed by atoms with Crippen molar-refractivity contribution >= 4 is 23.3 Å². The Morgan fingerprint density at radius 1 is 1.24 bits per heavy atom. The lowest BCUT2D eigenvalue weighted by atomic mass is 10.1. The van der Waals surface area contributed by atoms with Crippen LogP contribution in [0.1, 0.15) is 37.0 Å². The SMILES string of the molecule is CCC(=O)Nc1ccc(C(=O)COC(=O)[C@@H]2C[C@H]2C)cc1. The zero-order chi connectivity index (χ0) is 15.4. The van der Waals surface area contributed by atoms with Crippen molar-refractivity contribution < 1.29 is 19.1 Å². The second kappa shape index (κ2) is 6.52. The molecule has 1 N–H and O–H groups in total. The van der Waals surface area contributed by atoms with E-state index in [1.807, 2.05) is 6.92 Å². The first-order valence-corrected chi connectivity index (χ1v) is 7.11. The van der Waals surface area contributed by atoms with Crippen molar-refractivity contribution in [2.45, 2.75) is 26.7 Å². The van der Waals surface area contributed by atoms with Gasteiger partial charge in [-0.2, -0.15) is 0 Å². The molecule has 1 aromatic carbocycles. The van der Waals surface area contributed by atoms with Crippen LogP contribution in [0.5, 0.6) is 0 Å². The van der Waals surface area contributed by atoms with E-state index in [1.165, 1.54) is 0 Å². The van der Waals surface area contributed by atoms with Crippen LogP contribution in [-0.2, 0) is 14.3 Å². The Labute approximate surface area is 123 Å². The van der Waals surface area contributed by atoms with Crippen molar-refractivity contribution in [2.75, 3.05) is 11.9 Å². The highest BCUT2D eigenvalue weighted by Crippen LogP contribution is 2.38. The Hall–Kier alpha value is -2.17. The number of amides is 1. The van der Waals surface area contributed by atoms with Gasteiger partial charge in [0, 0.05) is 17.7 Å². The third kappa shape index (κ3) is 4.15. The summed E-state index contributed by atoms with van der Waals surface area (Å²) in [6.07, 6.45) is 1.25. The first-order valence-electron chi connectivity index (χ1n) is 7.11. The van der Waals surface area contributed by atoms with Gasteiger partial charge >= 0.3 is 5.97 Å². The third-order valence-corrected chi connectivity index (χ3v) is 3.57. The second-order valence-electron chi connectivity index (χ2n) is 5.33. The highest BCUT2D eigenvalue weighted by Gasteiger charge is 2.40. The number of benzene rings is 1. The summed E-state index contributed by atoms with van der Waals surface area (Å²) >= 11 is 0. The van der Waals surface area contributed by atoms with Crippen molar-refractivity contribution in [3.63, 3.8) is 0 Å². The molecule has 1 amide bonds. The summed E-state index contributed by atoms with van der Waals surface area (Å²) in [7, 11) is 0. The zero-order valence-corrected chi connectivity index (χ0v) is 12.2. The summed E-state index contributed by atoms with van der Waals surface area (Å²) in [5, 5.41) is 2.70. The van der Waals surface area contributed by atoms with Crippen LogP contribution in [0.4, 0.5) is 5.69 Å². The van der Waals surface area contributed by atoms with E-state index in [2.05, 4.69) is 5.32 Å². The summed E-state index contributed by atoms with van der Waals surface area (Å²) in [5.41, 5.74) is 1.10. The molecule has 0 spiro atoms. The third-order valence-electron chi connectivity index (χ3n) is 3.57. The van der Waals surface area contributed by atoms with Crippen LogP contribution in [0.25, 0.3) is 0 Å². The van der Waals surface area contributed by atoms with E-state index < -0.39 is 0 Å². The first kappa shape index (κ1) is 15.2. The number of ether oxygens (including phenoxy) is 1. The number of hydrogen-bond donors (Lipinski definition) is 1. The first-order chi connectivity index (χ1) is 10.0. The molecule has 1 aromatic rings. The van der Waals surface area contributed by atoms with Gasteiger partial charge in [0.25, 0.3) is 0 Å². The lowest BCUT2D eigenvalue weighted by Crippen LogP contribution is -2.16. The van der Waals surface area contributed by atoms with Crippen LogP contribution < -0.4 is 5.32 Å². The molecule has 5 heteroatoms. The van der Waals surface area contributed by atoms with Gasteiger partial charge in [-0.25, -0.2) is 0 Å². The molecule has 1 aliphatic carbocycles. The molecule has 0 radical (unpaired) electrons. The molecular formula is C16H19NO4. The average molecular weight is 289 g/mol. The number of hydrogen-bond acceptors (Lipinski definition) is 4. The molecule has 1 aliphatic rings. The molecule has 0 heterocycles. The number of carbonyl (C=O) groups is 3. The number of esters is 1. The quantitative estimate of drug-likeness (QED) is 0.645. The maximum Gasteiger partial charge on any atom is 0.309 e. The minimum absolute atomic E-state index is 0.0376. The number of carbonyl (C=O) groups excluding carboxylic acids is 3. The Bertz CT molecular complexity index is 550. The number of rotatable bonds is 6. The molecule has 2 atom stereocenters. The van der Waals surface area contributed by atoms with Gasteiger partial charge in [0.05, 0.1) is 5.92 Å². The summed E-state index contributed by atoms with van der Waals surface area (Å²) < 4.78 is 5.01. The second-order valence-corrected chi connectivity index (χ2v) is 5.33. The Balaban J connectivity index is 1.84. The van der Waals surface area contributed by atoms with Crippen molar-refractivity contribution in [3.8, 4) is 0 Å². The minimum atomic E-state index is -0.289. The highest BCUT2D eigenvalue weighted by atomic mass is 16.5. The zero-order valence-electron chi connectivity index (χ0n) is 12.2. The van der Waals surface area contributed by atoms with Gasteiger partial charge in [-0.3, -0.25) is 14.4 Å². The topological polar surface area (TPSA) is 72.5 Å². The molecule has 2 rings (SSSR count). The lowest BCUT2D eigenvalue weighted by Gasteiger charge is -2.06. The van der Waals surface area contributed by atoms with Crippen molar-refractivity contribution in [3.05, 3.63) is 29.8 Å². The average Bonchev–Trinajstić information content (AvgIpc) is 3.22. The fourth-order valence-electron chi connectivity index (χ4n) is 1.97. The number of anilines is 1. The van der Waals surface area contributed by atoms with Crippen LogP contribution in [-0.4, -0.2) is 24.3 Å². The standard InChI is InChI=1S/C16H19NO4/c1-3-15(19)17-12-6-4-11(5-7-12)14(18)9-21-16(20)13-8-10(13)2/h4-7,10,13H,3,8-9H2,1-2H3,(H,17,19)/t10-,13-/m1/s1. The predicted octanol–water partition coefficient (Wildman–Crippen LogP) is 2.42. The molecule has 0 bridgehead atoms. The van der Waals surface area contributed by atoms with Gasteiger partial charge in [0.15, 0.2) is 12.4 Å². The Kier molecular flexibility index (Phi) is 4.73. The molecule has 0 aromatic heterocycles. The van der Waals surface area contributed by atoms with E-state index >= 15 is 0 Å². The predicted molar refractivity (Wildman–Crippen MR) is 77.9 cm³/mol. The number of Topliss-reactive ketones (excluding diaryl/α,β-unsaturated/α-hetero) is 1. The molecule has 0 unspecified atom stereocenters. The van der Waals surface area contributed by atoms with Crippen LogP contribution in [0, 0.1) is 11.8 Å². The van der Waals surface area contributed by atoms with Gasteiger partial charge in [-0.1, -0.05) is 13.8 Å². The van der Waals surface area contributed by atoms with E-state index in [4.69, 9.17) is 4.74 Å². The van der Waals surface area contributed by atoms with E-state index in [9.17, 15) is 14.4 Å². The lowest BCUT2D eigenvalue weighted by molar-refractivity contribution is -0.144. The molecule has 0 saturated heterocycles. The van der Waals surface area contributed by atoms with Gasteiger partial charge in [0.1, 0.15) is 0 Å². The largest absolute Gasteiger partial charge is 0.457 e. The van der Waals surface area contributed by atoms with E-state index in [1.54, 1.807) is 31.2 Å². The van der Waals surface area contributed by atoms with Crippen LogP contribution in [0.2, 0.25) is 0 Å². The van der Waals surface area contributed by atoms with E-state index in [0.29, 0.717) is 23.6 Å². The van der Waals surface area contributed by atoms with Crippen LogP contribution >= 0.6 is 0 Å². The van der Waals surface area contributed by atoms with Crippen LogP contribution in [0.3, 0.4) is 0 Å².